The molecule has 1 N–H and O–H groups in total. The fourth-order valence-corrected chi connectivity index (χ4v) is 2.60. The predicted molar refractivity (Wildman–Crippen MR) is 90.4 cm³/mol. The highest BCUT2D eigenvalue weighted by Crippen LogP contribution is 2.24. The molecular formula is C16H16N2O5S. The standard InChI is InChI=1S/C16H16N2O5S/c1-10(2)11-3-5-12(6-4-11)17-14(19)9-23-16(20)13-7-8-15(24-13)18(21)22/h3-8,10H,9H2,1-2H3,(H,17,19). The van der Waals surface area contributed by atoms with E-state index in [1.165, 1.54) is 12.1 Å². The Hall–Kier alpha value is -2.74. The minimum atomic E-state index is -0.765. The number of hydrogen-bond acceptors (Lipinski definition) is 6. The van der Waals surface area contributed by atoms with Gasteiger partial charge < -0.3 is 10.1 Å². The molecule has 126 valence electrons. The van der Waals surface area contributed by atoms with Gasteiger partial charge in [0.25, 0.3) is 5.91 Å². The topological polar surface area (TPSA) is 98.5 Å². The Morgan fingerprint density at radius 2 is 1.88 bits per heavy atom. The number of ether oxygens (including phenoxy) is 1. The van der Waals surface area contributed by atoms with Crippen LogP contribution in [0.25, 0.3) is 0 Å². The van der Waals surface area contributed by atoms with E-state index in [1.807, 2.05) is 12.1 Å². The van der Waals surface area contributed by atoms with Crippen LogP contribution >= 0.6 is 11.3 Å². The molecule has 24 heavy (non-hydrogen) atoms. The smallest absolute Gasteiger partial charge is 0.349 e. The van der Waals surface area contributed by atoms with E-state index in [-0.39, 0.29) is 9.88 Å². The molecule has 0 fully saturated rings. The van der Waals surface area contributed by atoms with Gasteiger partial charge >= 0.3 is 11.0 Å². The van der Waals surface area contributed by atoms with Gasteiger partial charge in [-0.05, 0) is 29.7 Å². The number of benzene rings is 1. The van der Waals surface area contributed by atoms with Gasteiger partial charge in [-0.1, -0.05) is 37.3 Å². The second-order valence-electron chi connectivity index (χ2n) is 5.30. The molecule has 1 heterocycles. The van der Waals surface area contributed by atoms with Gasteiger partial charge in [0.1, 0.15) is 4.88 Å². The van der Waals surface area contributed by atoms with Gasteiger partial charge in [-0.2, -0.15) is 0 Å². The zero-order chi connectivity index (χ0) is 17.7. The van der Waals surface area contributed by atoms with Crippen molar-refractivity contribution >= 4 is 33.9 Å². The van der Waals surface area contributed by atoms with Crippen molar-refractivity contribution in [2.75, 3.05) is 11.9 Å². The minimum absolute atomic E-state index is 0.0794. The molecule has 0 aliphatic carbocycles. The van der Waals surface area contributed by atoms with Gasteiger partial charge in [-0.25, -0.2) is 4.79 Å². The average molecular weight is 348 g/mol. The molecule has 1 aromatic carbocycles. The molecule has 0 saturated heterocycles. The van der Waals surface area contributed by atoms with Crippen molar-refractivity contribution in [3.05, 3.63) is 57.0 Å². The molecule has 0 aliphatic rings. The Morgan fingerprint density at radius 3 is 2.42 bits per heavy atom. The summed E-state index contributed by atoms with van der Waals surface area (Å²) in [5, 5.41) is 13.0. The lowest BCUT2D eigenvalue weighted by Gasteiger charge is -2.08. The molecule has 1 aromatic heterocycles. The van der Waals surface area contributed by atoms with Crippen LogP contribution < -0.4 is 5.32 Å². The molecule has 0 spiro atoms. The van der Waals surface area contributed by atoms with E-state index in [2.05, 4.69) is 19.2 Å². The highest BCUT2D eigenvalue weighted by atomic mass is 32.1. The zero-order valence-electron chi connectivity index (χ0n) is 13.1. The number of hydrogen-bond donors (Lipinski definition) is 1. The monoisotopic (exact) mass is 348 g/mol. The summed E-state index contributed by atoms with van der Waals surface area (Å²) in [6.07, 6.45) is 0. The normalized spacial score (nSPS) is 10.5. The van der Waals surface area contributed by atoms with Gasteiger partial charge in [0.2, 0.25) is 0 Å². The van der Waals surface area contributed by atoms with Crippen LogP contribution in [-0.2, 0) is 9.53 Å². The number of nitrogens with zero attached hydrogens (tertiary/aromatic N) is 1. The van der Waals surface area contributed by atoms with Crippen LogP contribution in [0.15, 0.2) is 36.4 Å². The number of rotatable bonds is 6. The molecule has 0 aliphatic heterocycles. The first-order valence-electron chi connectivity index (χ1n) is 7.18. The van der Waals surface area contributed by atoms with Crippen molar-refractivity contribution in [3.8, 4) is 0 Å². The molecule has 1 amide bonds. The molecule has 7 nitrogen and oxygen atoms in total. The first kappa shape index (κ1) is 17.6. The highest BCUT2D eigenvalue weighted by molar-refractivity contribution is 7.17. The quantitative estimate of drug-likeness (QED) is 0.489. The summed E-state index contributed by atoms with van der Waals surface area (Å²) in [6.45, 7) is 3.68. The third-order valence-electron chi connectivity index (χ3n) is 3.17. The lowest BCUT2D eigenvalue weighted by Crippen LogP contribution is -2.20. The summed E-state index contributed by atoms with van der Waals surface area (Å²) < 4.78 is 4.85. The summed E-state index contributed by atoms with van der Waals surface area (Å²) in [5.41, 5.74) is 1.76. The maximum Gasteiger partial charge on any atom is 0.349 e. The van der Waals surface area contributed by atoms with Crippen molar-refractivity contribution in [1.29, 1.82) is 0 Å². The van der Waals surface area contributed by atoms with E-state index in [9.17, 15) is 19.7 Å². The third kappa shape index (κ3) is 4.63. The summed E-state index contributed by atoms with van der Waals surface area (Å²) in [7, 11) is 0. The Balaban J connectivity index is 1.85. The van der Waals surface area contributed by atoms with Gasteiger partial charge in [0.05, 0.1) is 4.92 Å². The van der Waals surface area contributed by atoms with Crippen LogP contribution in [0.5, 0.6) is 0 Å². The minimum Gasteiger partial charge on any atom is -0.451 e. The summed E-state index contributed by atoms with van der Waals surface area (Å²) in [6, 6.07) is 9.90. The highest BCUT2D eigenvalue weighted by Gasteiger charge is 2.17. The van der Waals surface area contributed by atoms with Crippen molar-refractivity contribution < 1.29 is 19.2 Å². The molecular weight excluding hydrogens is 332 g/mol. The van der Waals surface area contributed by atoms with E-state index in [0.29, 0.717) is 22.9 Å². The lowest BCUT2D eigenvalue weighted by molar-refractivity contribution is -0.380. The van der Waals surface area contributed by atoms with Crippen LogP contribution in [0.4, 0.5) is 10.7 Å². The number of nitro groups is 1. The van der Waals surface area contributed by atoms with Gasteiger partial charge in [-0.15, -0.1) is 0 Å². The van der Waals surface area contributed by atoms with Crippen LogP contribution in [0.2, 0.25) is 0 Å². The second kappa shape index (κ2) is 7.69. The first-order valence-corrected chi connectivity index (χ1v) is 7.99. The van der Waals surface area contributed by atoms with Crippen molar-refractivity contribution in [2.24, 2.45) is 0 Å². The maximum atomic E-state index is 11.8. The van der Waals surface area contributed by atoms with E-state index in [0.717, 1.165) is 5.56 Å². The second-order valence-corrected chi connectivity index (χ2v) is 6.36. The molecule has 0 radical (unpaired) electrons. The van der Waals surface area contributed by atoms with Crippen molar-refractivity contribution in [1.82, 2.24) is 0 Å². The Kier molecular flexibility index (Phi) is 5.64. The van der Waals surface area contributed by atoms with Crippen molar-refractivity contribution in [2.45, 2.75) is 19.8 Å². The van der Waals surface area contributed by atoms with Crippen LogP contribution in [0.3, 0.4) is 0 Å². The van der Waals surface area contributed by atoms with Crippen LogP contribution in [0, 0.1) is 10.1 Å². The number of thiophene rings is 1. The Labute approximate surface area is 142 Å². The first-order chi connectivity index (χ1) is 11.4. The third-order valence-corrected chi connectivity index (χ3v) is 4.19. The fraction of sp³-hybridized carbons (Fsp3) is 0.250. The van der Waals surface area contributed by atoms with Gasteiger partial charge in [0.15, 0.2) is 6.61 Å². The number of anilines is 1. The van der Waals surface area contributed by atoms with Crippen molar-refractivity contribution in [3.63, 3.8) is 0 Å². The lowest BCUT2D eigenvalue weighted by atomic mass is 10.0. The molecule has 0 unspecified atom stereocenters. The van der Waals surface area contributed by atoms with E-state index in [1.54, 1.807) is 12.1 Å². The number of amides is 1. The summed E-state index contributed by atoms with van der Waals surface area (Å²) >= 11 is 0.704. The fourth-order valence-electron chi connectivity index (χ4n) is 1.89. The van der Waals surface area contributed by atoms with E-state index < -0.39 is 23.4 Å². The SMILES string of the molecule is CC(C)c1ccc(NC(=O)COC(=O)c2ccc([N+](=O)[O-])s2)cc1. The summed E-state index contributed by atoms with van der Waals surface area (Å²) in [5.74, 6) is -0.851. The maximum absolute atomic E-state index is 11.8. The van der Waals surface area contributed by atoms with Gasteiger partial charge in [-0.3, -0.25) is 14.9 Å². The number of carbonyl (C=O) groups excluding carboxylic acids is 2. The molecule has 0 atom stereocenters. The number of carbonyl (C=O) groups is 2. The zero-order valence-corrected chi connectivity index (χ0v) is 14.0. The molecule has 2 aromatic rings. The summed E-state index contributed by atoms with van der Waals surface area (Å²) in [4.78, 5) is 33.6. The Morgan fingerprint density at radius 1 is 1.21 bits per heavy atom. The molecule has 0 saturated carbocycles. The largest absolute Gasteiger partial charge is 0.451 e. The number of nitrogens with one attached hydrogen (secondary N) is 1. The van der Waals surface area contributed by atoms with E-state index >= 15 is 0 Å². The van der Waals surface area contributed by atoms with Gasteiger partial charge in [0, 0.05) is 11.8 Å². The molecule has 0 bridgehead atoms. The average Bonchev–Trinajstić information content (AvgIpc) is 3.03. The predicted octanol–water partition coefficient (Wildman–Crippen LogP) is 3.58. The molecule has 8 heteroatoms. The van der Waals surface area contributed by atoms with Crippen LogP contribution in [0.1, 0.15) is 35.0 Å². The number of esters is 1. The molecule has 2 rings (SSSR count). The Bertz CT molecular complexity index is 752. The van der Waals surface area contributed by atoms with Crippen LogP contribution in [-0.4, -0.2) is 23.4 Å². The van der Waals surface area contributed by atoms with E-state index in [4.69, 9.17) is 4.74 Å².